The lowest BCUT2D eigenvalue weighted by Crippen LogP contribution is -2.14. The van der Waals surface area contributed by atoms with Gasteiger partial charge in [0.05, 0.1) is 17.9 Å². The van der Waals surface area contributed by atoms with E-state index in [9.17, 15) is 0 Å². The van der Waals surface area contributed by atoms with Crippen molar-refractivity contribution in [2.24, 2.45) is 0 Å². The average molecular weight is 195 g/mol. The SMILES string of the molecule is CN(C)Cc1cn([C@H]2CCNC2)nn1. The highest BCUT2D eigenvalue weighted by atomic mass is 15.4. The van der Waals surface area contributed by atoms with Crippen LogP contribution in [0.1, 0.15) is 18.2 Å². The molecule has 0 bridgehead atoms. The number of nitrogens with zero attached hydrogens (tertiary/aromatic N) is 4. The highest BCUT2D eigenvalue weighted by molar-refractivity contribution is 4.94. The molecule has 1 aliphatic heterocycles. The van der Waals surface area contributed by atoms with Crippen molar-refractivity contribution >= 4 is 0 Å². The van der Waals surface area contributed by atoms with Crippen LogP contribution in [0.25, 0.3) is 0 Å². The van der Waals surface area contributed by atoms with Crippen molar-refractivity contribution < 1.29 is 0 Å². The summed E-state index contributed by atoms with van der Waals surface area (Å²) in [4.78, 5) is 2.10. The summed E-state index contributed by atoms with van der Waals surface area (Å²) in [5, 5.41) is 11.6. The van der Waals surface area contributed by atoms with Crippen LogP contribution < -0.4 is 5.32 Å². The number of nitrogens with one attached hydrogen (secondary N) is 1. The van der Waals surface area contributed by atoms with E-state index in [4.69, 9.17) is 0 Å². The minimum absolute atomic E-state index is 0.499. The van der Waals surface area contributed by atoms with Gasteiger partial charge in [-0.05, 0) is 27.1 Å². The summed E-state index contributed by atoms with van der Waals surface area (Å²) >= 11 is 0. The molecule has 1 atom stereocenters. The van der Waals surface area contributed by atoms with E-state index in [1.165, 1.54) is 0 Å². The maximum atomic E-state index is 4.15. The fourth-order valence-electron chi connectivity index (χ4n) is 1.75. The molecule has 2 heterocycles. The lowest BCUT2D eigenvalue weighted by atomic mass is 10.3. The zero-order chi connectivity index (χ0) is 9.97. The van der Waals surface area contributed by atoms with Gasteiger partial charge < -0.3 is 10.2 Å². The van der Waals surface area contributed by atoms with E-state index in [-0.39, 0.29) is 0 Å². The predicted molar refractivity (Wildman–Crippen MR) is 53.9 cm³/mol. The van der Waals surface area contributed by atoms with E-state index >= 15 is 0 Å². The van der Waals surface area contributed by atoms with E-state index in [0.29, 0.717) is 6.04 Å². The van der Waals surface area contributed by atoms with Crippen molar-refractivity contribution in [2.45, 2.75) is 19.0 Å². The Morgan fingerprint density at radius 3 is 3.14 bits per heavy atom. The van der Waals surface area contributed by atoms with Gasteiger partial charge >= 0.3 is 0 Å². The first-order valence-corrected chi connectivity index (χ1v) is 5.02. The molecule has 0 saturated carbocycles. The lowest BCUT2D eigenvalue weighted by molar-refractivity contribution is 0.396. The number of hydrogen-bond acceptors (Lipinski definition) is 4. The second-order valence-corrected chi connectivity index (χ2v) is 4.07. The molecule has 1 N–H and O–H groups in total. The smallest absolute Gasteiger partial charge is 0.0967 e. The van der Waals surface area contributed by atoms with Crippen molar-refractivity contribution in [1.29, 1.82) is 0 Å². The van der Waals surface area contributed by atoms with Crippen LogP contribution in [0.15, 0.2) is 6.20 Å². The summed E-state index contributed by atoms with van der Waals surface area (Å²) in [5.41, 5.74) is 1.04. The van der Waals surface area contributed by atoms with Crippen molar-refractivity contribution in [3.05, 3.63) is 11.9 Å². The Balaban J connectivity index is 2.01. The Hall–Kier alpha value is -0.940. The maximum absolute atomic E-state index is 4.15. The van der Waals surface area contributed by atoms with Gasteiger partial charge in [-0.2, -0.15) is 0 Å². The normalized spacial score (nSPS) is 22.1. The predicted octanol–water partition coefficient (Wildman–Crippen LogP) is -0.126. The van der Waals surface area contributed by atoms with Gasteiger partial charge in [-0.15, -0.1) is 5.10 Å². The second kappa shape index (κ2) is 4.06. The molecule has 1 aliphatic rings. The van der Waals surface area contributed by atoms with Gasteiger partial charge in [0.1, 0.15) is 0 Å². The molecule has 78 valence electrons. The molecular formula is C9H17N5. The van der Waals surface area contributed by atoms with Gasteiger partial charge in [0.2, 0.25) is 0 Å². The zero-order valence-electron chi connectivity index (χ0n) is 8.77. The van der Waals surface area contributed by atoms with Crippen LogP contribution >= 0.6 is 0 Å². The number of hydrogen-bond donors (Lipinski definition) is 1. The molecule has 0 unspecified atom stereocenters. The quantitative estimate of drug-likeness (QED) is 0.730. The van der Waals surface area contributed by atoms with E-state index in [2.05, 4.69) is 26.7 Å². The first-order chi connectivity index (χ1) is 6.75. The third kappa shape index (κ3) is 2.10. The van der Waals surface area contributed by atoms with Gasteiger partial charge in [-0.25, -0.2) is 4.68 Å². The fraction of sp³-hybridized carbons (Fsp3) is 0.778. The number of aromatic nitrogens is 3. The molecule has 0 aliphatic carbocycles. The van der Waals surface area contributed by atoms with Crippen LogP contribution in [-0.4, -0.2) is 47.1 Å². The molecule has 2 rings (SSSR count). The molecular weight excluding hydrogens is 178 g/mol. The molecule has 5 nitrogen and oxygen atoms in total. The highest BCUT2D eigenvalue weighted by Gasteiger charge is 2.17. The summed E-state index contributed by atoms with van der Waals surface area (Å²) in [6.07, 6.45) is 3.21. The fourth-order valence-corrected chi connectivity index (χ4v) is 1.75. The van der Waals surface area contributed by atoms with Crippen molar-refractivity contribution in [1.82, 2.24) is 25.2 Å². The molecule has 0 spiro atoms. The third-order valence-electron chi connectivity index (χ3n) is 2.44. The summed E-state index contributed by atoms with van der Waals surface area (Å²) in [6.45, 7) is 2.97. The van der Waals surface area contributed by atoms with E-state index in [0.717, 1.165) is 31.7 Å². The molecule has 1 saturated heterocycles. The summed E-state index contributed by atoms with van der Waals surface area (Å²) in [7, 11) is 4.08. The van der Waals surface area contributed by atoms with Gasteiger partial charge in [0.25, 0.3) is 0 Å². The second-order valence-electron chi connectivity index (χ2n) is 4.07. The Kier molecular flexibility index (Phi) is 2.79. The van der Waals surface area contributed by atoms with Crippen LogP contribution in [0.4, 0.5) is 0 Å². The summed E-state index contributed by atoms with van der Waals surface area (Å²) in [5.74, 6) is 0. The van der Waals surface area contributed by atoms with Gasteiger partial charge in [0.15, 0.2) is 0 Å². The van der Waals surface area contributed by atoms with Gasteiger partial charge in [-0.3, -0.25) is 0 Å². The Labute approximate surface area is 84.1 Å². The van der Waals surface area contributed by atoms with Gasteiger partial charge in [0, 0.05) is 13.1 Å². The molecule has 0 amide bonds. The molecule has 1 fully saturated rings. The van der Waals surface area contributed by atoms with E-state index < -0.39 is 0 Å². The molecule has 1 aromatic heterocycles. The Morgan fingerprint density at radius 2 is 2.50 bits per heavy atom. The average Bonchev–Trinajstić information content (AvgIpc) is 2.69. The first kappa shape index (κ1) is 9.61. The minimum Gasteiger partial charge on any atom is -0.315 e. The summed E-state index contributed by atoms with van der Waals surface area (Å²) in [6, 6.07) is 0.499. The Bertz CT molecular complexity index is 287. The molecule has 5 heteroatoms. The van der Waals surface area contributed by atoms with Crippen LogP contribution in [0.3, 0.4) is 0 Å². The van der Waals surface area contributed by atoms with Crippen LogP contribution in [-0.2, 0) is 6.54 Å². The first-order valence-electron chi connectivity index (χ1n) is 5.02. The lowest BCUT2D eigenvalue weighted by Gasteiger charge is -2.07. The third-order valence-corrected chi connectivity index (χ3v) is 2.44. The van der Waals surface area contributed by atoms with E-state index in [1.54, 1.807) is 0 Å². The van der Waals surface area contributed by atoms with Crippen molar-refractivity contribution in [3.8, 4) is 0 Å². The maximum Gasteiger partial charge on any atom is 0.0967 e. The molecule has 0 radical (unpaired) electrons. The minimum atomic E-state index is 0.499. The van der Waals surface area contributed by atoms with Crippen LogP contribution in [0.5, 0.6) is 0 Å². The van der Waals surface area contributed by atoms with E-state index in [1.807, 2.05) is 18.8 Å². The highest BCUT2D eigenvalue weighted by Crippen LogP contribution is 2.13. The van der Waals surface area contributed by atoms with Crippen LogP contribution in [0, 0.1) is 0 Å². The molecule has 0 aromatic carbocycles. The number of rotatable bonds is 3. The Morgan fingerprint density at radius 1 is 1.64 bits per heavy atom. The summed E-state index contributed by atoms with van der Waals surface area (Å²) < 4.78 is 1.98. The molecule has 14 heavy (non-hydrogen) atoms. The van der Waals surface area contributed by atoms with Crippen molar-refractivity contribution in [2.75, 3.05) is 27.2 Å². The van der Waals surface area contributed by atoms with Crippen molar-refractivity contribution in [3.63, 3.8) is 0 Å². The van der Waals surface area contributed by atoms with Crippen LogP contribution in [0.2, 0.25) is 0 Å². The largest absolute Gasteiger partial charge is 0.315 e. The zero-order valence-corrected chi connectivity index (χ0v) is 8.77. The van der Waals surface area contributed by atoms with Gasteiger partial charge in [-0.1, -0.05) is 5.21 Å². The topological polar surface area (TPSA) is 46.0 Å². The monoisotopic (exact) mass is 195 g/mol. The molecule has 1 aromatic rings. The standard InChI is InChI=1S/C9H17N5/c1-13(2)6-8-7-14(12-11-8)9-3-4-10-5-9/h7,9-10H,3-6H2,1-2H3/t9-/m0/s1.